The minimum atomic E-state index is -0.130. The van der Waals surface area contributed by atoms with Gasteiger partial charge in [-0.15, -0.1) is 0 Å². The zero-order valence-corrected chi connectivity index (χ0v) is 22.2. The molecule has 0 aromatic heterocycles. The Morgan fingerprint density at radius 2 is 1.74 bits per heavy atom. The van der Waals surface area contributed by atoms with Crippen LogP contribution in [0.2, 0.25) is 0 Å². The van der Waals surface area contributed by atoms with Crippen molar-refractivity contribution in [2.24, 2.45) is 46.3 Å². The number of aliphatic hydroxyl groups excluding tert-OH is 1. The van der Waals surface area contributed by atoms with Gasteiger partial charge in [0.15, 0.2) is 0 Å². The largest absolute Gasteiger partial charge is 0.469 e. The summed E-state index contributed by atoms with van der Waals surface area (Å²) in [6.45, 7) is 12.1. The number of aliphatic hydroxyl groups is 1. The van der Waals surface area contributed by atoms with E-state index in [1.54, 1.807) is 0 Å². The van der Waals surface area contributed by atoms with E-state index in [0.29, 0.717) is 47.0 Å². The van der Waals surface area contributed by atoms with Crippen LogP contribution in [0, 0.1) is 46.3 Å². The van der Waals surface area contributed by atoms with Crippen LogP contribution >= 0.6 is 0 Å². The Hall–Kier alpha value is -0.650. The van der Waals surface area contributed by atoms with Crippen LogP contribution in [-0.2, 0) is 9.53 Å². The third-order valence-corrected chi connectivity index (χ3v) is 12.1. The molecule has 5 fully saturated rings. The highest BCUT2D eigenvalue weighted by Crippen LogP contribution is 2.68. The van der Waals surface area contributed by atoms with Crippen molar-refractivity contribution in [3.8, 4) is 0 Å². The molecule has 5 heteroatoms. The van der Waals surface area contributed by atoms with Crippen molar-refractivity contribution in [3.05, 3.63) is 0 Å². The lowest BCUT2D eigenvalue weighted by molar-refractivity contribution is -0.168. The van der Waals surface area contributed by atoms with Gasteiger partial charge in [-0.05, 0) is 104 Å². The smallest absolute Gasteiger partial charge is 0.305 e. The molecular formula is C29H50N2O3. The molecule has 3 unspecified atom stereocenters. The number of rotatable bonds is 5. The lowest BCUT2D eigenvalue weighted by Gasteiger charge is -2.63. The van der Waals surface area contributed by atoms with Crippen LogP contribution in [-0.4, -0.2) is 61.4 Å². The first-order valence-electron chi connectivity index (χ1n) is 14.5. The summed E-state index contributed by atoms with van der Waals surface area (Å²) >= 11 is 0. The van der Waals surface area contributed by atoms with Crippen LogP contribution in [0.25, 0.3) is 0 Å². The molecular weight excluding hydrogens is 424 g/mol. The summed E-state index contributed by atoms with van der Waals surface area (Å²) in [6.07, 6.45) is 11.5. The summed E-state index contributed by atoms with van der Waals surface area (Å²) < 4.78 is 4.91. The van der Waals surface area contributed by atoms with Gasteiger partial charge in [-0.2, -0.15) is 0 Å². The van der Waals surface area contributed by atoms with Crippen LogP contribution in [0.15, 0.2) is 0 Å². The van der Waals surface area contributed by atoms with Crippen LogP contribution < -0.4 is 5.32 Å². The van der Waals surface area contributed by atoms with E-state index in [1.807, 2.05) is 0 Å². The summed E-state index contributed by atoms with van der Waals surface area (Å²) in [5.41, 5.74) is 0.681. The van der Waals surface area contributed by atoms with Gasteiger partial charge in [0.25, 0.3) is 0 Å². The molecule has 1 saturated heterocycles. The number of nitrogens with zero attached hydrogens (tertiary/aromatic N) is 1. The Morgan fingerprint density at radius 3 is 2.47 bits per heavy atom. The Bertz CT molecular complexity index is 739. The summed E-state index contributed by atoms with van der Waals surface area (Å²) in [6, 6.07) is 0.673. The third kappa shape index (κ3) is 4.16. The Kier molecular flexibility index (Phi) is 7.11. The van der Waals surface area contributed by atoms with Crippen molar-refractivity contribution in [1.29, 1.82) is 0 Å². The zero-order chi connectivity index (χ0) is 24.1. The predicted molar refractivity (Wildman–Crippen MR) is 135 cm³/mol. The number of hydrogen-bond acceptors (Lipinski definition) is 5. The highest BCUT2D eigenvalue weighted by Gasteiger charge is 2.62. The van der Waals surface area contributed by atoms with Gasteiger partial charge in [-0.1, -0.05) is 20.8 Å². The average Bonchev–Trinajstić information content (AvgIpc) is 3.20. The highest BCUT2D eigenvalue weighted by molar-refractivity contribution is 5.69. The quantitative estimate of drug-likeness (QED) is 0.576. The Morgan fingerprint density at radius 1 is 1.03 bits per heavy atom. The molecule has 0 radical (unpaired) electrons. The molecule has 4 aliphatic carbocycles. The maximum Gasteiger partial charge on any atom is 0.305 e. The minimum Gasteiger partial charge on any atom is -0.469 e. The van der Waals surface area contributed by atoms with E-state index in [4.69, 9.17) is 4.74 Å². The maximum absolute atomic E-state index is 11.8. The average molecular weight is 475 g/mol. The van der Waals surface area contributed by atoms with Crippen LogP contribution in [0.3, 0.4) is 0 Å². The van der Waals surface area contributed by atoms with Crippen molar-refractivity contribution < 1.29 is 14.6 Å². The highest BCUT2D eigenvalue weighted by atomic mass is 16.5. The van der Waals surface area contributed by atoms with Gasteiger partial charge >= 0.3 is 5.97 Å². The normalized spacial score (nSPS) is 47.9. The van der Waals surface area contributed by atoms with Gasteiger partial charge in [0, 0.05) is 38.6 Å². The fourth-order valence-electron chi connectivity index (χ4n) is 10.3. The van der Waals surface area contributed by atoms with Gasteiger partial charge in [-0.25, -0.2) is 0 Å². The Balaban J connectivity index is 1.29. The van der Waals surface area contributed by atoms with E-state index in [9.17, 15) is 9.90 Å². The van der Waals surface area contributed by atoms with Crippen molar-refractivity contribution in [2.75, 3.05) is 33.3 Å². The molecule has 5 rings (SSSR count). The Labute approximate surface area is 207 Å². The summed E-state index contributed by atoms with van der Waals surface area (Å²) in [5.74, 6) is 3.89. The van der Waals surface area contributed by atoms with Gasteiger partial charge in [0.1, 0.15) is 0 Å². The first-order chi connectivity index (χ1) is 16.3. The van der Waals surface area contributed by atoms with E-state index >= 15 is 0 Å². The second-order valence-electron chi connectivity index (χ2n) is 13.3. The van der Waals surface area contributed by atoms with E-state index in [2.05, 4.69) is 31.0 Å². The first-order valence-corrected chi connectivity index (χ1v) is 14.5. The molecule has 0 aromatic carbocycles. The number of hydrogen-bond donors (Lipinski definition) is 2. The first kappa shape index (κ1) is 25.0. The number of nitrogens with one attached hydrogen (secondary N) is 1. The van der Waals surface area contributed by atoms with Gasteiger partial charge in [0.05, 0.1) is 13.2 Å². The number of ether oxygens (including phenoxy) is 1. The van der Waals surface area contributed by atoms with Crippen LogP contribution in [0.4, 0.5) is 0 Å². The summed E-state index contributed by atoms with van der Waals surface area (Å²) in [5, 5.41) is 15.1. The molecule has 194 valence electrons. The fourth-order valence-corrected chi connectivity index (χ4v) is 10.3. The molecule has 5 aliphatic rings. The third-order valence-electron chi connectivity index (χ3n) is 12.1. The SMILES string of the molecule is COC(=O)CC[C@@H](C)[C@H]1CCC2C3C[C@@H](O)[C@@H]4C[C@@H](N5CCNCC5)CC[C@]4(C)C3CC[C@@]21C. The zero-order valence-electron chi connectivity index (χ0n) is 22.2. The van der Waals surface area contributed by atoms with E-state index in [1.165, 1.54) is 65.1 Å². The van der Waals surface area contributed by atoms with Crippen molar-refractivity contribution in [1.82, 2.24) is 10.2 Å². The number of esters is 1. The topological polar surface area (TPSA) is 61.8 Å². The number of carbonyl (C=O) groups excluding carboxylic acids is 1. The number of piperazine rings is 1. The standard InChI is InChI=1S/C29H50N2O3/c1-19(5-8-27(33)34-4)22-6-7-23-21-18-26(32)25-17-20(31-15-13-30-14-16-31)9-11-29(25,3)24(21)10-12-28(22,23)2/h19-26,30,32H,5-18H2,1-4H3/t19-,20+,21?,22-,23?,24?,25+,26-,28-,29-/m1/s1. The molecule has 4 saturated carbocycles. The van der Waals surface area contributed by atoms with Crippen LogP contribution in [0.5, 0.6) is 0 Å². The summed E-state index contributed by atoms with van der Waals surface area (Å²) in [4.78, 5) is 14.5. The summed E-state index contributed by atoms with van der Waals surface area (Å²) in [7, 11) is 1.50. The number of carbonyl (C=O) groups is 1. The van der Waals surface area contributed by atoms with Gasteiger partial charge < -0.3 is 15.2 Å². The molecule has 1 aliphatic heterocycles. The molecule has 0 aromatic rings. The van der Waals surface area contributed by atoms with Crippen molar-refractivity contribution in [2.45, 2.75) is 97.1 Å². The van der Waals surface area contributed by atoms with E-state index in [0.717, 1.165) is 37.8 Å². The molecule has 2 N–H and O–H groups in total. The van der Waals surface area contributed by atoms with E-state index in [-0.39, 0.29) is 12.1 Å². The molecule has 5 nitrogen and oxygen atoms in total. The van der Waals surface area contributed by atoms with Crippen molar-refractivity contribution in [3.63, 3.8) is 0 Å². The van der Waals surface area contributed by atoms with Gasteiger partial charge in [-0.3, -0.25) is 9.69 Å². The van der Waals surface area contributed by atoms with Crippen LogP contribution in [0.1, 0.15) is 85.0 Å². The lowest BCUT2D eigenvalue weighted by Crippen LogP contribution is -2.60. The fraction of sp³-hybridized carbons (Fsp3) is 0.966. The predicted octanol–water partition coefficient (Wildman–Crippen LogP) is 4.48. The molecule has 34 heavy (non-hydrogen) atoms. The molecule has 1 heterocycles. The lowest BCUT2D eigenvalue weighted by atomic mass is 9.43. The van der Waals surface area contributed by atoms with Gasteiger partial charge in [0.2, 0.25) is 0 Å². The number of methoxy groups -OCH3 is 1. The van der Waals surface area contributed by atoms with Crippen molar-refractivity contribution >= 4 is 5.97 Å². The molecule has 0 amide bonds. The second kappa shape index (κ2) is 9.67. The molecule has 0 bridgehead atoms. The maximum atomic E-state index is 11.8. The minimum absolute atomic E-state index is 0.0685. The van der Waals surface area contributed by atoms with E-state index < -0.39 is 0 Å². The molecule has 0 spiro atoms. The number of fused-ring (bicyclic) bond motifs is 5. The second-order valence-corrected chi connectivity index (χ2v) is 13.3. The molecule has 10 atom stereocenters. The monoisotopic (exact) mass is 474 g/mol.